The minimum Gasteiger partial charge on any atom is -0.438 e. The van der Waals surface area contributed by atoms with E-state index < -0.39 is 0 Å². The number of benzene rings is 1. The Labute approximate surface area is 111 Å². The second-order valence-electron chi connectivity index (χ2n) is 4.15. The molecular formula is C15H11N3O. The van der Waals surface area contributed by atoms with Gasteiger partial charge in [-0.1, -0.05) is 0 Å². The summed E-state index contributed by atoms with van der Waals surface area (Å²) in [5, 5.41) is 17.7. The fraction of sp³-hybridized carbons (Fsp3) is 0.133. The van der Waals surface area contributed by atoms with Crippen LogP contribution < -0.4 is 4.74 Å². The fourth-order valence-corrected chi connectivity index (χ4v) is 1.82. The van der Waals surface area contributed by atoms with E-state index in [9.17, 15) is 0 Å². The highest BCUT2D eigenvalue weighted by Gasteiger charge is 2.08. The van der Waals surface area contributed by atoms with Crippen LogP contribution in [0.5, 0.6) is 11.6 Å². The smallest absolute Gasteiger partial charge is 0.220 e. The van der Waals surface area contributed by atoms with E-state index in [2.05, 4.69) is 11.1 Å². The first kappa shape index (κ1) is 12.6. The van der Waals surface area contributed by atoms with Crippen LogP contribution in [0.4, 0.5) is 0 Å². The first-order valence-corrected chi connectivity index (χ1v) is 5.69. The Kier molecular flexibility index (Phi) is 3.45. The number of ether oxygens (including phenoxy) is 1. The van der Waals surface area contributed by atoms with E-state index in [-0.39, 0.29) is 0 Å². The van der Waals surface area contributed by atoms with Gasteiger partial charge in [-0.05, 0) is 43.2 Å². The maximum atomic E-state index is 8.90. The highest BCUT2D eigenvalue weighted by molar-refractivity contribution is 5.48. The van der Waals surface area contributed by atoms with E-state index in [1.807, 2.05) is 19.9 Å². The van der Waals surface area contributed by atoms with Crippen LogP contribution in [0.2, 0.25) is 0 Å². The molecule has 0 N–H and O–H groups in total. The van der Waals surface area contributed by atoms with Crippen LogP contribution >= 0.6 is 0 Å². The van der Waals surface area contributed by atoms with E-state index in [1.54, 1.807) is 24.3 Å². The molecule has 2 aromatic rings. The Balaban J connectivity index is 2.39. The standard InChI is InChI=1S/C15H11N3O/c1-10-5-13(9-17)6-11(2)15(10)19-14-7-12(8-16)3-4-18-14/h3-7H,1-2H3. The Hall–Kier alpha value is -2.85. The van der Waals surface area contributed by atoms with Gasteiger partial charge in [0.25, 0.3) is 0 Å². The summed E-state index contributed by atoms with van der Waals surface area (Å²) in [5.41, 5.74) is 2.82. The van der Waals surface area contributed by atoms with Crippen molar-refractivity contribution in [1.29, 1.82) is 10.5 Å². The number of hydrogen-bond acceptors (Lipinski definition) is 4. The Morgan fingerprint density at radius 2 is 1.63 bits per heavy atom. The molecule has 0 atom stereocenters. The van der Waals surface area contributed by atoms with Crippen molar-refractivity contribution < 1.29 is 4.74 Å². The van der Waals surface area contributed by atoms with Crippen molar-refractivity contribution >= 4 is 0 Å². The molecule has 0 bridgehead atoms. The quantitative estimate of drug-likeness (QED) is 0.819. The van der Waals surface area contributed by atoms with E-state index in [0.717, 1.165) is 11.1 Å². The molecule has 1 aromatic carbocycles. The average molecular weight is 249 g/mol. The molecule has 4 nitrogen and oxygen atoms in total. The molecule has 0 radical (unpaired) electrons. The summed E-state index contributed by atoms with van der Waals surface area (Å²) >= 11 is 0. The van der Waals surface area contributed by atoms with Gasteiger partial charge in [0.2, 0.25) is 5.88 Å². The summed E-state index contributed by atoms with van der Waals surface area (Å²) in [6.45, 7) is 3.74. The molecular weight excluding hydrogens is 238 g/mol. The molecule has 19 heavy (non-hydrogen) atoms. The van der Waals surface area contributed by atoms with E-state index in [1.165, 1.54) is 6.20 Å². The molecule has 1 heterocycles. The van der Waals surface area contributed by atoms with Crippen molar-refractivity contribution in [3.05, 3.63) is 52.7 Å². The van der Waals surface area contributed by atoms with E-state index in [0.29, 0.717) is 22.8 Å². The molecule has 0 saturated heterocycles. The molecule has 0 aliphatic heterocycles. The van der Waals surface area contributed by atoms with Gasteiger partial charge in [0.05, 0.1) is 23.3 Å². The van der Waals surface area contributed by atoms with Gasteiger partial charge < -0.3 is 4.74 Å². The predicted octanol–water partition coefficient (Wildman–Crippen LogP) is 3.23. The lowest BCUT2D eigenvalue weighted by Crippen LogP contribution is -1.94. The maximum absolute atomic E-state index is 8.90. The number of rotatable bonds is 2. The van der Waals surface area contributed by atoms with Gasteiger partial charge in [0.1, 0.15) is 5.75 Å². The Morgan fingerprint density at radius 1 is 1.00 bits per heavy atom. The topological polar surface area (TPSA) is 69.7 Å². The van der Waals surface area contributed by atoms with Crippen LogP contribution in [0.15, 0.2) is 30.5 Å². The van der Waals surface area contributed by atoms with Crippen LogP contribution in [0.3, 0.4) is 0 Å². The van der Waals surface area contributed by atoms with Crippen molar-refractivity contribution in [3.63, 3.8) is 0 Å². The second kappa shape index (κ2) is 5.20. The van der Waals surface area contributed by atoms with Crippen LogP contribution in [-0.2, 0) is 0 Å². The van der Waals surface area contributed by atoms with Gasteiger partial charge in [0, 0.05) is 12.3 Å². The van der Waals surface area contributed by atoms with Crippen molar-refractivity contribution in [3.8, 4) is 23.8 Å². The van der Waals surface area contributed by atoms with Gasteiger partial charge in [-0.3, -0.25) is 0 Å². The molecule has 4 heteroatoms. The molecule has 0 unspecified atom stereocenters. The highest BCUT2D eigenvalue weighted by Crippen LogP contribution is 2.28. The summed E-state index contributed by atoms with van der Waals surface area (Å²) in [6, 6.07) is 10.9. The summed E-state index contributed by atoms with van der Waals surface area (Å²) in [7, 11) is 0. The van der Waals surface area contributed by atoms with Crippen molar-refractivity contribution in [2.75, 3.05) is 0 Å². The Bertz CT molecular complexity index is 685. The van der Waals surface area contributed by atoms with Gasteiger partial charge >= 0.3 is 0 Å². The van der Waals surface area contributed by atoms with Crippen LogP contribution in [0.25, 0.3) is 0 Å². The minimum atomic E-state index is 0.370. The molecule has 0 amide bonds. The third kappa shape index (κ3) is 2.70. The zero-order valence-electron chi connectivity index (χ0n) is 10.6. The van der Waals surface area contributed by atoms with Crippen LogP contribution in [-0.4, -0.2) is 4.98 Å². The van der Waals surface area contributed by atoms with Gasteiger partial charge in [-0.15, -0.1) is 0 Å². The molecule has 0 saturated carbocycles. The molecule has 0 aliphatic carbocycles. The van der Waals surface area contributed by atoms with Gasteiger partial charge in [0.15, 0.2) is 0 Å². The highest BCUT2D eigenvalue weighted by atomic mass is 16.5. The first-order chi connectivity index (χ1) is 9.13. The van der Waals surface area contributed by atoms with E-state index >= 15 is 0 Å². The average Bonchev–Trinajstić information content (AvgIpc) is 2.42. The summed E-state index contributed by atoms with van der Waals surface area (Å²) in [4.78, 5) is 4.07. The molecule has 0 fully saturated rings. The number of hydrogen-bond donors (Lipinski definition) is 0. The zero-order chi connectivity index (χ0) is 13.8. The molecule has 1 aromatic heterocycles. The zero-order valence-corrected chi connectivity index (χ0v) is 10.6. The molecule has 0 spiro atoms. The van der Waals surface area contributed by atoms with Crippen LogP contribution in [0, 0.1) is 36.5 Å². The summed E-state index contributed by atoms with van der Waals surface area (Å²) < 4.78 is 5.71. The lowest BCUT2D eigenvalue weighted by Gasteiger charge is -2.11. The Morgan fingerprint density at radius 3 is 2.21 bits per heavy atom. The number of aryl methyl sites for hydroxylation is 2. The van der Waals surface area contributed by atoms with Gasteiger partial charge in [-0.25, -0.2) is 4.98 Å². The lowest BCUT2D eigenvalue weighted by atomic mass is 10.1. The first-order valence-electron chi connectivity index (χ1n) is 5.69. The van der Waals surface area contributed by atoms with E-state index in [4.69, 9.17) is 15.3 Å². The predicted molar refractivity (Wildman–Crippen MR) is 69.7 cm³/mol. The van der Waals surface area contributed by atoms with Gasteiger partial charge in [-0.2, -0.15) is 10.5 Å². The number of aromatic nitrogens is 1. The maximum Gasteiger partial charge on any atom is 0.220 e. The molecule has 2 rings (SSSR count). The largest absolute Gasteiger partial charge is 0.438 e. The second-order valence-corrected chi connectivity index (χ2v) is 4.15. The summed E-state index contributed by atoms with van der Waals surface area (Å²) in [6.07, 6.45) is 1.53. The fourth-order valence-electron chi connectivity index (χ4n) is 1.82. The SMILES string of the molecule is Cc1cc(C#N)cc(C)c1Oc1cc(C#N)ccn1. The van der Waals surface area contributed by atoms with Crippen molar-refractivity contribution in [1.82, 2.24) is 4.98 Å². The monoisotopic (exact) mass is 249 g/mol. The van der Waals surface area contributed by atoms with Crippen molar-refractivity contribution in [2.45, 2.75) is 13.8 Å². The summed E-state index contributed by atoms with van der Waals surface area (Å²) in [5.74, 6) is 1.04. The minimum absolute atomic E-state index is 0.370. The van der Waals surface area contributed by atoms with Crippen molar-refractivity contribution in [2.24, 2.45) is 0 Å². The number of pyridine rings is 1. The van der Waals surface area contributed by atoms with Crippen LogP contribution in [0.1, 0.15) is 22.3 Å². The third-order valence-electron chi connectivity index (χ3n) is 2.66. The lowest BCUT2D eigenvalue weighted by molar-refractivity contribution is 0.456. The normalized spacial score (nSPS) is 9.47. The number of nitriles is 2. The third-order valence-corrected chi connectivity index (χ3v) is 2.66. The molecule has 92 valence electrons. The molecule has 0 aliphatic rings. The number of nitrogens with zero attached hydrogens (tertiary/aromatic N) is 3.